The van der Waals surface area contributed by atoms with Crippen molar-refractivity contribution in [3.8, 4) is 0 Å². The van der Waals surface area contributed by atoms with Gasteiger partial charge in [0.05, 0.1) is 10.6 Å². The summed E-state index contributed by atoms with van der Waals surface area (Å²) in [5.41, 5.74) is 6.95. The largest absolute Gasteiger partial charge is 0.375 e. The fraction of sp³-hybridized carbons (Fsp3) is 0.316. The van der Waals surface area contributed by atoms with Crippen molar-refractivity contribution in [3.63, 3.8) is 0 Å². The molecule has 0 aliphatic rings. The van der Waals surface area contributed by atoms with Crippen LogP contribution in [0.1, 0.15) is 38.9 Å². The quantitative estimate of drug-likeness (QED) is 0.423. The van der Waals surface area contributed by atoms with Crippen molar-refractivity contribution >= 4 is 77.0 Å². The molecule has 0 aliphatic carbocycles. The summed E-state index contributed by atoms with van der Waals surface area (Å²) in [5, 5.41) is 7.17. The molecule has 0 bridgehead atoms. The second-order valence-electron chi connectivity index (χ2n) is 6.98. The molecule has 0 aliphatic heterocycles. The lowest BCUT2D eigenvalue weighted by atomic mass is 10.2. The Morgan fingerprint density at radius 2 is 1.97 bits per heavy atom. The highest BCUT2D eigenvalue weighted by molar-refractivity contribution is 8.76. The van der Waals surface area contributed by atoms with Crippen LogP contribution < -0.4 is 16.4 Å². The number of nitrogen functional groups attached to an aromatic ring is 1. The number of aryl methyl sites for hydroxylation is 1. The monoisotopic (exact) mass is 466 g/mol. The van der Waals surface area contributed by atoms with Crippen LogP contribution >= 0.6 is 44.3 Å². The molecule has 6 nitrogen and oxygen atoms in total. The number of nitrogens with one attached hydrogen (secondary N) is 2. The first kappa shape index (κ1) is 21.9. The Balaban J connectivity index is 1.72. The second-order valence-corrected chi connectivity index (χ2v) is 12.2. The van der Waals surface area contributed by atoms with E-state index in [-0.39, 0.29) is 16.6 Å². The van der Waals surface area contributed by atoms with E-state index in [1.54, 1.807) is 28.5 Å². The number of nitrogens with zero attached hydrogens (tertiary/aromatic N) is 1. The van der Waals surface area contributed by atoms with Gasteiger partial charge in [0, 0.05) is 21.7 Å². The van der Waals surface area contributed by atoms with Gasteiger partial charge in [0.15, 0.2) is 5.13 Å². The van der Waals surface area contributed by atoms with E-state index in [0.29, 0.717) is 32.8 Å². The lowest BCUT2D eigenvalue weighted by Crippen LogP contribution is -2.35. The number of hydrogen-bond donors (Lipinski definition) is 3. The molecule has 10 heteroatoms. The molecule has 0 radical (unpaired) electrons. The predicted octanol–water partition coefficient (Wildman–Crippen LogP) is 5.02. The molecule has 2 amide bonds. The average Bonchev–Trinajstić information content (AvgIpc) is 3.22. The molecular weight excluding hydrogens is 445 g/mol. The zero-order chi connectivity index (χ0) is 21.2. The summed E-state index contributed by atoms with van der Waals surface area (Å²) < 4.78 is 0.950. The van der Waals surface area contributed by atoms with E-state index in [2.05, 4.69) is 29.5 Å². The highest BCUT2D eigenvalue weighted by Crippen LogP contribution is 2.33. The number of thiazole rings is 1. The number of amides is 2. The van der Waals surface area contributed by atoms with Crippen molar-refractivity contribution in [1.82, 2.24) is 10.3 Å². The third kappa shape index (κ3) is 5.44. The number of carbonyl (C=O) groups excluding carboxylic acids is 2. The Kier molecular flexibility index (Phi) is 6.77. The fourth-order valence-electron chi connectivity index (χ4n) is 2.68. The van der Waals surface area contributed by atoms with E-state index in [1.165, 1.54) is 11.3 Å². The molecule has 3 rings (SSSR count). The van der Waals surface area contributed by atoms with E-state index in [9.17, 15) is 9.59 Å². The topological polar surface area (TPSA) is 97.1 Å². The number of benzene rings is 1. The molecular formula is C19H22N4O2S4. The van der Waals surface area contributed by atoms with Gasteiger partial charge < -0.3 is 16.4 Å². The van der Waals surface area contributed by atoms with Gasteiger partial charge in [0.1, 0.15) is 4.88 Å². The number of anilines is 2. The molecule has 0 spiro atoms. The predicted molar refractivity (Wildman–Crippen MR) is 129 cm³/mol. The number of carbonyl (C=O) groups is 2. The van der Waals surface area contributed by atoms with Gasteiger partial charge in [0.2, 0.25) is 0 Å². The number of fused-ring (bicyclic) bond motifs is 1. The van der Waals surface area contributed by atoms with E-state index in [4.69, 9.17) is 5.73 Å². The number of rotatable bonds is 7. The Labute approximate surface area is 185 Å². The third-order valence-corrected chi connectivity index (χ3v) is 8.72. The van der Waals surface area contributed by atoms with Crippen molar-refractivity contribution < 1.29 is 9.59 Å². The van der Waals surface area contributed by atoms with Crippen molar-refractivity contribution in [2.45, 2.75) is 25.5 Å². The van der Waals surface area contributed by atoms with Crippen LogP contribution in [0.15, 0.2) is 24.3 Å². The zero-order valence-corrected chi connectivity index (χ0v) is 19.8. The maximum Gasteiger partial charge on any atom is 0.267 e. The fourth-order valence-corrected chi connectivity index (χ4v) is 6.49. The molecule has 0 saturated carbocycles. The lowest BCUT2D eigenvalue weighted by Gasteiger charge is -2.22. The summed E-state index contributed by atoms with van der Waals surface area (Å²) in [7, 11) is 3.43. The summed E-state index contributed by atoms with van der Waals surface area (Å²) >= 11 is 2.60. The van der Waals surface area contributed by atoms with Gasteiger partial charge in [-0.15, -0.1) is 11.3 Å². The summed E-state index contributed by atoms with van der Waals surface area (Å²) in [6.07, 6.45) is 2.03. The Morgan fingerprint density at radius 3 is 2.62 bits per heavy atom. The maximum atomic E-state index is 12.5. The lowest BCUT2D eigenvalue weighted by molar-refractivity contribution is 0.0954. The van der Waals surface area contributed by atoms with Gasteiger partial charge in [-0.1, -0.05) is 32.9 Å². The number of aromatic nitrogens is 1. The van der Waals surface area contributed by atoms with Crippen molar-refractivity contribution in [1.29, 1.82) is 0 Å². The highest BCUT2D eigenvalue weighted by atomic mass is 33.1. The van der Waals surface area contributed by atoms with Gasteiger partial charge in [-0.05, 0) is 56.7 Å². The summed E-state index contributed by atoms with van der Waals surface area (Å²) in [5.74, 6) is -0.319. The number of nitrogens with two attached hydrogens (primary N) is 1. The normalized spacial score (nSPS) is 11.6. The molecule has 0 atom stereocenters. The maximum absolute atomic E-state index is 12.5. The van der Waals surface area contributed by atoms with Crippen molar-refractivity contribution in [3.05, 3.63) is 39.7 Å². The molecule has 0 unspecified atom stereocenters. The molecule has 1 aromatic carbocycles. The van der Waals surface area contributed by atoms with Gasteiger partial charge in [-0.25, -0.2) is 4.98 Å². The van der Waals surface area contributed by atoms with Gasteiger partial charge >= 0.3 is 0 Å². The molecule has 3 aromatic rings. The Hall–Kier alpha value is -1.75. The van der Waals surface area contributed by atoms with E-state index in [0.717, 1.165) is 21.4 Å². The first-order valence-corrected chi connectivity index (χ1v) is 13.0. The standard InChI is InChI=1S/C19H22N4O2S4/c1-10-15(28-18(20)22-10)17(25)23-12-5-6-13-11(7-12)8-14(27-13)16(24)21-9-19(2,3)29-26-4/h5-8H,9H2,1-4H3,(H2,20,22)(H,21,24)(H,23,25). The van der Waals surface area contributed by atoms with Crippen LogP contribution in [0, 0.1) is 6.92 Å². The first-order valence-electron chi connectivity index (χ1n) is 8.76. The van der Waals surface area contributed by atoms with Crippen LogP contribution in [0.4, 0.5) is 10.8 Å². The minimum Gasteiger partial charge on any atom is -0.375 e. The Bertz CT molecular complexity index is 1060. The van der Waals surface area contributed by atoms with Gasteiger partial charge in [0.25, 0.3) is 11.8 Å². The molecule has 4 N–H and O–H groups in total. The third-order valence-electron chi connectivity index (χ3n) is 4.00. The number of thiophene rings is 1. The summed E-state index contributed by atoms with van der Waals surface area (Å²) in [6.45, 7) is 6.55. The van der Waals surface area contributed by atoms with E-state index >= 15 is 0 Å². The van der Waals surface area contributed by atoms with Crippen LogP contribution in [0.2, 0.25) is 0 Å². The van der Waals surface area contributed by atoms with Crippen molar-refractivity contribution in [2.24, 2.45) is 0 Å². The highest BCUT2D eigenvalue weighted by Gasteiger charge is 2.20. The molecule has 2 aromatic heterocycles. The van der Waals surface area contributed by atoms with Crippen molar-refractivity contribution in [2.75, 3.05) is 23.9 Å². The minimum atomic E-state index is -0.238. The van der Waals surface area contributed by atoms with Crippen LogP contribution in [0.25, 0.3) is 10.1 Å². The molecule has 0 saturated heterocycles. The zero-order valence-electron chi connectivity index (χ0n) is 16.5. The second kappa shape index (κ2) is 8.95. The molecule has 0 fully saturated rings. The van der Waals surface area contributed by atoms with Crippen LogP contribution in [0.3, 0.4) is 0 Å². The van der Waals surface area contributed by atoms with E-state index in [1.807, 2.05) is 30.5 Å². The van der Waals surface area contributed by atoms with Crippen LogP contribution in [0.5, 0.6) is 0 Å². The number of hydrogen-bond acceptors (Lipinski definition) is 8. The van der Waals surface area contributed by atoms with Crippen LogP contribution in [-0.2, 0) is 0 Å². The van der Waals surface area contributed by atoms with Gasteiger partial charge in [-0.2, -0.15) is 0 Å². The van der Waals surface area contributed by atoms with E-state index < -0.39 is 0 Å². The Morgan fingerprint density at radius 1 is 1.21 bits per heavy atom. The van der Waals surface area contributed by atoms with Gasteiger partial charge in [-0.3, -0.25) is 9.59 Å². The first-order chi connectivity index (χ1) is 13.7. The smallest absolute Gasteiger partial charge is 0.267 e. The molecule has 29 heavy (non-hydrogen) atoms. The minimum absolute atomic E-state index is 0.0403. The molecule has 154 valence electrons. The summed E-state index contributed by atoms with van der Waals surface area (Å²) in [4.78, 5) is 30.3. The SMILES string of the molecule is CSSC(C)(C)CNC(=O)c1cc2cc(NC(=O)c3sc(N)nc3C)ccc2s1. The summed E-state index contributed by atoms with van der Waals surface area (Å²) in [6, 6.07) is 7.47. The van der Waals surface area contributed by atoms with Crippen LogP contribution in [-0.4, -0.2) is 34.3 Å². The molecule has 2 heterocycles. The average molecular weight is 467 g/mol.